The number of para-hydroxylation sites is 1. The summed E-state index contributed by atoms with van der Waals surface area (Å²) in [6, 6.07) is 41.1. The molecule has 204 valence electrons. The van der Waals surface area contributed by atoms with Gasteiger partial charge in [0.1, 0.15) is 11.6 Å². The van der Waals surface area contributed by atoms with Gasteiger partial charge in [0.15, 0.2) is 0 Å². The van der Waals surface area contributed by atoms with Gasteiger partial charge >= 0.3 is 0 Å². The third kappa shape index (κ3) is 5.96. The maximum Gasteiger partial charge on any atom is 0.136 e. The van der Waals surface area contributed by atoms with E-state index in [0.29, 0.717) is 11.3 Å². The van der Waals surface area contributed by atoms with E-state index in [-0.39, 0.29) is 26.8 Å². The normalized spacial score (nSPS) is 10.6. The van der Waals surface area contributed by atoms with E-state index in [1.54, 1.807) is 12.3 Å². The van der Waals surface area contributed by atoms with Crippen LogP contribution < -0.4 is 4.90 Å². The second kappa shape index (κ2) is 12.3. The number of phenols is 1. The average Bonchev–Trinajstić information content (AvgIpc) is 3.00. The van der Waals surface area contributed by atoms with Crippen LogP contribution >= 0.6 is 0 Å². The minimum absolute atomic E-state index is 0. The number of rotatable bonds is 6. The monoisotopic (exact) mass is 714 g/mol. The second-order valence-corrected chi connectivity index (χ2v) is 9.54. The van der Waals surface area contributed by atoms with Gasteiger partial charge in [-0.1, -0.05) is 54.6 Å². The van der Waals surface area contributed by atoms with Crippen LogP contribution in [0.2, 0.25) is 0 Å². The zero-order valence-corrected chi connectivity index (χ0v) is 24.9. The summed E-state index contributed by atoms with van der Waals surface area (Å²) in [6.07, 6.45) is 1.78. The number of anilines is 3. The molecule has 0 aliphatic carbocycles. The van der Waals surface area contributed by atoms with Gasteiger partial charge in [-0.3, -0.25) is 9.97 Å². The van der Waals surface area contributed by atoms with E-state index in [9.17, 15) is 5.11 Å². The largest absolute Gasteiger partial charge is 0.507 e. The Morgan fingerprint density at radius 2 is 1.44 bits per heavy atom. The first-order chi connectivity index (χ1) is 19.6. The third-order valence-corrected chi connectivity index (χ3v) is 6.73. The number of hydrogen-bond acceptors (Lipinski definition) is 5. The van der Waals surface area contributed by atoms with Crippen molar-refractivity contribution in [1.29, 1.82) is 0 Å². The molecule has 0 aliphatic rings. The van der Waals surface area contributed by atoms with Crippen LogP contribution in [-0.2, 0) is 21.1 Å². The van der Waals surface area contributed by atoms with E-state index in [0.717, 1.165) is 51.0 Å². The molecular formula is C35H27N4OPt-. The van der Waals surface area contributed by atoms with Gasteiger partial charge in [0.25, 0.3) is 0 Å². The van der Waals surface area contributed by atoms with Crippen LogP contribution in [0.15, 0.2) is 121 Å². The van der Waals surface area contributed by atoms with Crippen molar-refractivity contribution < 1.29 is 26.2 Å². The maximum atomic E-state index is 10.6. The van der Waals surface area contributed by atoms with Gasteiger partial charge in [0, 0.05) is 38.5 Å². The fourth-order valence-corrected chi connectivity index (χ4v) is 4.81. The van der Waals surface area contributed by atoms with Crippen molar-refractivity contribution in [3.63, 3.8) is 0 Å². The molecule has 6 aromatic rings. The Labute approximate surface area is 254 Å². The van der Waals surface area contributed by atoms with Gasteiger partial charge in [-0.15, -0.1) is 29.8 Å². The predicted octanol–water partition coefficient (Wildman–Crippen LogP) is 8.46. The molecule has 0 bridgehead atoms. The van der Waals surface area contributed by atoms with Gasteiger partial charge in [0.2, 0.25) is 0 Å². The van der Waals surface area contributed by atoms with E-state index >= 15 is 0 Å². The zero-order valence-electron chi connectivity index (χ0n) is 22.6. The van der Waals surface area contributed by atoms with Crippen molar-refractivity contribution in [1.82, 2.24) is 15.0 Å². The minimum atomic E-state index is 0. The molecule has 0 aliphatic heterocycles. The smallest absolute Gasteiger partial charge is 0.136 e. The van der Waals surface area contributed by atoms with Crippen LogP contribution in [0.5, 0.6) is 5.75 Å². The van der Waals surface area contributed by atoms with Crippen LogP contribution in [-0.4, -0.2) is 20.1 Å². The molecule has 6 heteroatoms. The van der Waals surface area contributed by atoms with Gasteiger partial charge in [-0.25, -0.2) is 4.98 Å². The number of aryl methyl sites for hydroxylation is 2. The summed E-state index contributed by atoms with van der Waals surface area (Å²) < 4.78 is 0. The van der Waals surface area contributed by atoms with Crippen LogP contribution in [0.4, 0.5) is 17.2 Å². The van der Waals surface area contributed by atoms with E-state index in [1.165, 1.54) is 0 Å². The summed E-state index contributed by atoms with van der Waals surface area (Å²) in [7, 11) is 0. The number of benzene rings is 3. The number of pyridine rings is 3. The summed E-state index contributed by atoms with van der Waals surface area (Å²) in [4.78, 5) is 16.4. The Morgan fingerprint density at radius 1 is 0.683 bits per heavy atom. The van der Waals surface area contributed by atoms with Crippen molar-refractivity contribution in [2.24, 2.45) is 0 Å². The molecular weight excluding hydrogens is 687 g/mol. The number of aromatic hydroxyl groups is 1. The van der Waals surface area contributed by atoms with E-state index in [4.69, 9.17) is 9.97 Å². The molecule has 41 heavy (non-hydrogen) atoms. The molecule has 1 N–H and O–H groups in total. The molecule has 6 rings (SSSR count). The molecule has 5 nitrogen and oxygen atoms in total. The first kappa shape index (κ1) is 27.9. The maximum absolute atomic E-state index is 10.6. The molecule has 3 aromatic heterocycles. The molecule has 0 fully saturated rings. The molecule has 0 atom stereocenters. The topological polar surface area (TPSA) is 62.1 Å². The molecule has 0 unspecified atom stereocenters. The quantitative estimate of drug-likeness (QED) is 0.176. The third-order valence-electron chi connectivity index (χ3n) is 6.73. The first-order valence-electron chi connectivity index (χ1n) is 13.1. The number of nitrogens with zero attached hydrogens (tertiary/aromatic N) is 4. The molecule has 0 radical (unpaired) electrons. The fourth-order valence-electron chi connectivity index (χ4n) is 4.81. The second-order valence-electron chi connectivity index (χ2n) is 9.54. The molecule has 0 saturated heterocycles. The Balaban J connectivity index is 0.00000337. The van der Waals surface area contributed by atoms with Crippen molar-refractivity contribution in [3.8, 4) is 39.4 Å². The average molecular weight is 715 g/mol. The summed E-state index contributed by atoms with van der Waals surface area (Å²) >= 11 is 0. The van der Waals surface area contributed by atoms with Gasteiger partial charge in [-0.05, 0) is 78.8 Å². The Morgan fingerprint density at radius 3 is 2.20 bits per heavy atom. The Hall–Kier alpha value is -4.60. The fraction of sp³-hybridized carbons (Fsp3) is 0.0571. The minimum Gasteiger partial charge on any atom is -0.507 e. The summed E-state index contributed by atoms with van der Waals surface area (Å²) in [6.45, 7) is 3.99. The molecule has 3 aromatic carbocycles. The van der Waals surface area contributed by atoms with Crippen LogP contribution in [0.25, 0.3) is 33.6 Å². The van der Waals surface area contributed by atoms with Crippen molar-refractivity contribution in [2.45, 2.75) is 13.8 Å². The number of hydrogen-bond donors (Lipinski definition) is 1. The van der Waals surface area contributed by atoms with Crippen LogP contribution in [0.1, 0.15) is 11.4 Å². The Kier molecular flexibility index (Phi) is 8.37. The van der Waals surface area contributed by atoms with Gasteiger partial charge < -0.3 is 10.0 Å². The van der Waals surface area contributed by atoms with E-state index < -0.39 is 0 Å². The standard InChI is InChI=1S/C35H27N4O.Pt/c1-24-18-19-33(25(2)37-24)39(35-17-8-9-20-36-35)29-14-10-13-27(21-29)31-22-28(26-11-4-3-5-12-26)23-32(38-31)30-15-6-7-16-34(30)40;/h3-20,22-23,40H,1-2H3;/q-1;. The van der Waals surface area contributed by atoms with Crippen LogP contribution in [0, 0.1) is 19.9 Å². The van der Waals surface area contributed by atoms with Crippen molar-refractivity contribution in [3.05, 3.63) is 139 Å². The van der Waals surface area contributed by atoms with Crippen molar-refractivity contribution >= 4 is 17.2 Å². The van der Waals surface area contributed by atoms with E-state index in [1.807, 2.05) is 98.8 Å². The predicted molar refractivity (Wildman–Crippen MR) is 161 cm³/mol. The SMILES string of the molecule is Cc1ccc(N(c2[c-]c(-c3cc(-c4ccccc4)cc(-c4ccccc4O)n3)ccc2)c2ccccn2)c(C)n1.[Pt]. The Bertz CT molecular complexity index is 1790. The molecule has 0 amide bonds. The summed E-state index contributed by atoms with van der Waals surface area (Å²) in [5.41, 5.74) is 8.61. The van der Waals surface area contributed by atoms with E-state index in [2.05, 4.69) is 40.2 Å². The zero-order chi connectivity index (χ0) is 27.5. The summed E-state index contributed by atoms with van der Waals surface area (Å²) in [5.74, 6) is 0.957. The molecule has 0 spiro atoms. The van der Waals surface area contributed by atoms with Gasteiger partial charge in [0.05, 0.1) is 17.1 Å². The van der Waals surface area contributed by atoms with Crippen molar-refractivity contribution in [2.75, 3.05) is 4.90 Å². The number of phenolic OH excluding ortho intramolecular Hbond substituents is 1. The number of aromatic nitrogens is 3. The molecule has 3 heterocycles. The molecule has 0 saturated carbocycles. The summed E-state index contributed by atoms with van der Waals surface area (Å²) in [5, 5.41) is 10.6. The van der Waals surface area contributed by atoms with Gasteiger partial charge in [-0.2, -0.15) is 0 Å². The first-order valence-corrected chi connectivity index (χ1v) is 13.1. The van der Waals surface area contributed by atoms with Crippen LogP contribution in [0.3, 0.4) is 0 Å².